The minimum Gasteiger partial charge on any atom is -0.443 e. The van der Waals surface area contributed by atoms with Gasteiger partial charge in [0.2, 0.25) is 16.0 Å². The van der Waals surface area contributed by atoms with Gasteiger partial charge in [0.1, 0.15) is 23.7 Å². The molecule has 0 saturated carbocycles. The Labute approximate surface area is 226 Å². The second-order valence-corrected chi connectivity index (χ2v) is 12.2. The highest BCUT2D eigenvalue weighted by molar-refractivity contribution is 7.89. The van der Waals surface area contributed by atoms with Crippen LogP contribution in [-0.4, -0.2) is 88.3 Å². The van der Waals surface area contributed by atoms with Gasteiger partial charge in [-0.25, -0.2) is 31.8 Å². The van der Waals surface area contributed by atoms with Crippen LogP contribution >= 0.6 is 0 Å². The first kappa shape index (κ1) is 31.9. The summed E-state index contributed by atoms with van der Waals surface area (Å²) < 4.78 is 64.9. The highest BCUT2D eigenvalue weighted by atomic mass is 32.2. The number of nitrogens with zero attached hydrogens (tertiary/aromatic N) is 3. The first-order chi connectivity index (χ1) is 17.9. The largest absolute Gasteiger partial charge is 0.443 e. The molecule has 38 heavy (non-hydrogen) atoms. The summed E-state index contributed by atoms with van der Waals surface area (Å²) in [7, 11) is -1.21. The van der Waals surface area contributed by atoms with Crippen molar-refractivity contribution in [1.82, 2.24) is 9.21 Å². The number of guanidine groups is 1. The second-order valence-electron chi connectivity index (χ2n) is 10.2. The third-order valence-corrected chi connectivity index (χ3v) is 7.68. The third kappa shape index (κ3) is 8.89. The molecule has 0 saturated heterocycles. The summed E-state index contributed by atoms with van der Waals surface area (Å²) in [4.78, 5) is 19.1. The van der Waals surface area contributed by atoms with Gasteiger partial charge >= 0.3 is 6.09 Å². The Morgan fingerprint density at radius 3 is 2.45 bits per heavy atom. The van der Waals surface area contributed by atoms with Gasteiger partial charge in [-0.15, -0.1) is 0 Å². The van der Waals surface area contributed by atoms with Gasteiger partial charge in [-0.2, -0.15) is 0 Å². The molecule has 1 heterocycles. The van der Waals surface area contributed by atoms with Crippen LogP contribution in [0.15, 0.2) is 29.3 Å². The van der Waals surface area contributed by atoms with E-state index in [2.05, 4.69) is 6.92 Å². The van der Waals surface area contributed by atoms with Crippen LogP contribution in [0.1, 0.15) is 58.9 Å². The van der Waals surface area contributed by atoms with Gasteiger partial charge in [-0.05, 0) is 46.1 Å². The van der Waals surface area contributed by atoms with Crippen LogP contribution in [0.4, 0.5) is 9.18 Å². The van der Waals surface area contributed by atoms with Crippen molar-refractivity contribution in [2.75, 3.05) is 53.1 Å². The summed E-state index contributed by atoms with van der Waals surface area (Å²) >= 11 is 0. The van der Waals surface area contributed by atoms with E-state index in [-0.39, 0.29) is 37.9 Å². The van der Waals surface area contributed by atoms with Crippen LogP contribution in [0.5, 0.6) is 0 Å². The van der Waals surface area contributed by atoms with Crippen LogP contribution in [0.25, 0.3) is 0 Å². The van der Waals surface area contributed by atoms with Gasteiger partial charge in [-0.3, -0.25) is 0 Å². The number of unbranched alkanes of at least 4 members (excludes halogenated alkanes) is 1. The maximum atomic E-state index is 15.2. The molecule has 0 bridgehead atoms. The predicted octanol–water partition coefficient (Wildman–Crippen LogP) is 4.11. The first-order valence-electron chi connectivity index (χ1n) is 12.8. The van der Waals surface area contributed by atoms with Crippen molar-refractivity contribution in [2.24, 2.45) is 4.99 Å². The summed E-state index contributed by atoms with van der Waals surface area (Å²) in [5, 5.41) is 0. The molecule has 1 aromatic rings. The minimum atomic E-state index is -4.03. The molecule has 1 aliphatic heterocycles. The van der Waals surface area contributed by atoms with Gasteiger partial charge in [0, 0.05) is 32.9 Å². The summed E-state index contributed by atoms with van der Waals surface area (Å²) in [6.07, 6.45) is 1.68. The fourth-order valence-electron chi connectivity index (χ4n) is 3.91. The van der Waals surface area contributed by atoms with E-state index in [4.69, 9.17) is 23.9 Å². The van der Waals surface area contributed by atoms with Gasteiger partial charge in [0.05, 0.1) is 19.0 Å². The summed E-state index contributed by atoms with van der Waals surface area (Å²) in [5.74, 6) is -1.26. The van der Waals surface area contributed by atoms with E-state index in [1.54, 1.807) is 26.8 Å². The maximum Gasteiger partial charge on any atom is 0.419 e. The number of carbonyl (C=O) groups is 1. The molecular weight excluding hydrogens is 517 g/mol. The zero-order valence-electron chi connectivity index (χ0n) is 23.4. The van der Waals surface area contributed by atoms with Crippen molar-refractivity contribution in [3.63, 3.8) is 0 Å². The number of amides is 1. The van der Waals surface area contributed by atoms with Crippen molar-refractivity contribution in [1.29, 1.82) is 0 Å². The lowest BCUT2D eigenvalue weighted by molar-refractivity contribution is -0.00421. The molecule has 1 unspecified atom stereocenters. The molecule has 10 nitrogen and oxygen atoms in total. The molecule has 12 heteroatoms. The maximum absolute atomic E-state index is 15.2. The van der Waals surface area contributed by atoms with Crippen LogP contribution in [0.2, 0.25) is 0 Å². The van der Waals surface area contributed by atoms with Crippen molar-refractivity contribution in [2.45, 2.75) is 64.5 Å². The van der Waals surface area contributed by atoms with E-state index in [0.717, 1.165) is 22.0 Å². The molecule has 0 aromatic heterocycles. The van der Waals surface area contributed by atoms with Crippen molar-refractivity contribution in [3.8, 4) is 0 Å². The van der Waals surface area contributed by atoms with Crippen molar-refractivity contribution in [3.05, 3.63) is 35.6 Å². The van der Waals surface area contributed by atoms with Crippen LogP contribution in [0, 0.1) is 5.82 Å². The lowest BCUT2D eigenvalue weighted by Crippen LogP contribution is -2.57. The zero-order chi connectivity index (χ0) is 28.4. The molecule has 0 radical (unpaired) electrons. The molecule has 0 N–H and O–H groups in total. The lowest BCUT2D eigenvalue weighted by Gasteiger charge is -2.41. The fourth-order valence-corrected chi connectivity index (χ4v) is 5.46. The van der Waals surface area contributed by atoms with Gasteiger partial charge in [0.15, 0.2) is 0 Å². The molecule has 1 aliphatic rings. The van der Waals surface area contributed by atoms with E-state index < -0.39 is 38.8 Å². The Bertz CT molecular complexity index is 1050. The Morgan fingerprint density at radius 1 is 1.13 bits per heavy atom. The molecule has 2 rings (SSSR count). The third-order valence-electron chi connectivity index (χ3n) is 5.84. The monoisotopic (exact) mass is 559 g/mol. The van der Waals surface area contributed by atoms with Crippen LogP contribution < -0.4 is 0 Å². The Kier molecular flexibility index (Phi) is 11.9. The predicted molar refractivity (Wildman–Crippen MR) is 143 cm³/mol. The first-order valence-corrected chi connectivity index (χ1v) is 14.4. The fraction of sp³-hybridized carbons (Fsp3) is 0.692. The Balaban J connectivity index is 2.58. The van der Waals surface area contributed by atoms with E-state index in [0.29, 0.717) is 19.6 Å². The topological polar surface area (TPSA) is 107 Å². The Morgan fingerprint density at radius 2 is 1.82 bits per heavy atom. The average Bonchev–Trinajstić information content (AvgIpc) is 2.83. The quantitative estimate of drug-likeness (QED) is 0.264. The summed E-state index contributed by atoms with van der Waals surface area (Å²) in [5.41, 5.74) is -2.23. The van der Waals surface area contributed by atoms with Gasteiger partial charge in [0.25, 0.3) is 0 Å². The van der Waals surface area contributed by atoms with Gasteiger partial charge < -0.3 is 18.9 Å². The average molecular weight is 560 g/mol. The molecule has 0 spiro atoms. The molecule has 216 valence electrons. The molecule has 1 amide bonds. The standard InChI is InChI=1S/C26H42FN3O7S/c1-7-8-15-35-16-11-14-26(21-12-9-10-13-22(21)27)19-38(32,33)29(5)23(28-26)30(20-36-18-17-34-6)24(31)37-25(2,3)4/h9-10,12-13H,7-8,11,14-20H2,1-6H3. The van der Waals surface area contributed by atoms with E-state index in [1.165, 1.54) is 32.4 Å². The number of rotatable bonds is 13. The highest BCUT2D eigenvalue weighted by Crippen LogP contribution is 2.39. The number of aliphatic imine (C=N–C) groups is 1. The highest BCUT2D eigenvalue weighted by Gasteiger charge is 2.47. The zero-order valence-corrected chi connectivity index (χ0v) is 24.2. The van der Waals surface area contributed by atoms with Crippen LogP contribution in [-0.2, 0) is 34.5 Å². The number of hydrogen-bond donors (Lipinski definition) is 0. The number of methoxy groups -OCH3 is 1. The molecule has 0 aliphatic carbocycles. The van der Waals surface area contributed by atoms with E-state index >= 15 is 4.39 Å². The summed E-state index contributed by atoms with van der Waals surface area (Å²) in [6, 6.07) is 5.97. The SMILES string of the molecule is CCCCOCCCC1(c2ccccc2F)CS(=O)(=O)N(C)C(N(COCCOC)C(=O)OC(C)(C)C)=N1. The van der Waals surface area contributed by atoms with E-state index in [9.17, 15) is 13.2 Å². The Hall–Kier alpha value is -2.28. The number of carbonyl (C=O) groups excluding carboxylic acids is 1. The molecule has 1 aromatic carbocycles. The minimum absolute atomic E-state index is 0.132. The van der Waals surface area contributed by atoms with Crippen LogP contribution in [0.3, 0.4) is 0 Å². The lowest BCUT2D eigenvalue weighted by atomic mass is 9.87. The molecule has 1 atom stereocenters. The molecule has 0 fully saturated rings. The smallest absolute Gasteiger partial charge is 0.419 e. The molecular formula is C26H42FN3O7S. The number of benzene rings is 1. The van der Waals surface area contributed by atoms with Crippen molar-refractivity contribution < 1.29 is 36.6 Å². The number of ether oxygens (including phenoxy) is 4. The normalized spacial score (nSPS) is 19.2. The van der Waals surface area contributed by atoms with E-state index in [1.807, 2.05) is 0 Å². The number of halogens is 1. The second kappa shape index (κ2) is 14.2. The van der Waals surface area contributed by atoms with Gasteiger partial charge in [-0.1, -0.05) is 31.5 Å². The van der Waals surface area contributed by atoms with Crippen molar-refractivity contribution >= 4 is 22.1 Å². The number of hydrogen-bond acceptors (Lipinski definition) is 8. The summed E-state index contributed by atoms with van der Waals surface area (Å²) in [6.45, 7) is 8.17. The number of sulfonamides is 1.